The number of thioether (sulfide) groups is 1. The van der Waals surface area contributed by atoms with E-state index in [1.807, 2.05) is 29.2 Å². The summed E-state index contributed by atoms with van der Waals surface area (Å²) in [5.74, 6) is 0.363. The molecule has 0 unspecified atom stereocenters. The highest BCUT2D eigenvalue weighted by atomic mass is 32.2. The molecule has 166 valence electrons. The van der Waals surface area contributed by atoms with E-state index in [0.717, 1.165) is 41.0 Å². The molecule has 1 saturated carbocycles. The minimum absolute atomic E-state index is 0.0424. The van der Waals surface area contributed by atoms with Crippen LogP contribution in [0.3, 0.4) is 0 Å². The Morgan fingerprint density at radius 1 is 1.03 bits per heavy atom. The highest BCUT2D eigenvalue weighted by Gasteiger charge is 2.19. The van der Waals surface area contributed by atoms with Crippen molar-refractivity contribution in [2.24, 2.45) is 0 Å². The molecule has 2 fully saturated rings. The first-order chi connectivity index (χ1) is 15.2. The first kappa shape index (κ1) is 22.1. The zero-order valence-electron chi connectivity index (χ0n) is 17.6. The van der Waals surface area contributed by atoms with Crippen LogP contribution >= 0.6 is 23.1 Å². The lowest BCUT2D eigenvalue weighted by atomic mass is 9.96. The van der Waals surface area contributed by atoms with Gasteiger partial charge < -0.3 is 15.5 Å². The summed E-state index contributed by atoms with van der Waals surface area (Å²) in [6.07, 6.45) is 8.43. The number of aromatic nitrogens is 2. The Labute approximate surface area is 191 Å². The van der Waals surface area contributed by atoms with E-state index in [-0.39, 0.29) is 11.8 Å². The number of amides is 2. The second kappa shape index (κ2) is 10.9. The Morgan fingerprint density at radius 3 is 2.52 bits per heavy atom. The molecule has 4 rings (SSSR count). The third-order valence-electron chi connectivity index (χ3n) is 5.75. The van der Waals surface area contributed by atoms with Crippen molar-refractivity contribution in [3.05, 3.63) is 35.4 Å². The molecule has 2 heterocycles. The molecule has 2 aliphatic rings. The van der Waals surface area contributed by atoms with Gasteiger partial charge in [0, 0.05) is 31.2 Å². The van der Waals surface area contributed by atoms with Gasteiger partial charge in [-0.25, -0.2) is 0 Å². The van der Waals surface area contributed by atoms with Crippen molar-refractivity contribution in [2.45, 2.75) is 61.9 Å². The second-order valence-electron chi connectivity index (χ2n) is 8.11. The molecule has 31 heavy (non-hydrogen) atoms. The van der Waals surface area contributed by atoms with Crippen molar-refractivity contribution < 1.29 is 9.59 Å². The molecule has 1 aromatic heterocycles. The van der Waals surface area contributed by atoms with E-state index in [4.69, 9.17) is 0 Å². The Bertz CT molecular complexity index is 874. The fraction of sp³-hybridized carbons (Fsp3) is 0.545. The number of likely N-dealkylation sites (tertiary alicyclic amines) is 1. The van der Waals surface area contributed by atoms with Crippen LogP contribution in [0.5, 0.6) is 0 Å². The topological polar surface area (TPSA) is 87.2 Å². The van der Waals surface area contributed by atoms with Crippen LogP contribution in [0.15, 0.2) is 28.6 Å². The van der Waals surface area contributed by atoms with Gasteiger partial charge in [-0.3, -0.25) is 9.59 Å². The Hall–Kier alpha value is -2.13. The minimum Gasteiger partial charge on any atom is -0.357 e. The summed E-state index contributed by atoms with van der Waals surface area (Å²) in [6.45, 7) is 2.14. The molecule has 0 bridgehead atoms. The van der Waals surface area contributed by atoms with E-state index < -0.39 is 0 Å². The summed E-state index contributed by atoms with van der Waals surface area (Å²) in [4.78, 5) is 26.5. The highest BCUT2D eigenvalue weighted by Crippen LogP contribution is 2.28. The van der Waals surface area contributed by atoms with E-state index in [1.165, 1.54) is 55.2 Å². The molecule has 1 saturated heterocycles. The van der Waals surface area contributed by atoms with Crippen LogP contribution in [0, 0.1) is 0 Å². The van der Waals surface area contributed by atoms with Gasteiger partial charge in [-0.2, -0.15) is 0 Å². The van der Waals surface area contributed by atoms with E-state index in [1.54, 1.807) is 0 Å². The average molecular weight is 460 g/mol. The van der Waals surface area contributed by atoms with E-state index in [9.17, 15) is 9.59 Å². The lowest BCUT2D eigenvalue weighted by molar-refractivity contribution is -0.118. The normalized spacial score (nSPS) is 17.0. The highest BCUT2D eigenvalue weighted by molar-refractivity contribution is 8.01. The van der Waals surface area contributed by atoms with Gasteiger partial charge in [0.25, 0.3) is 5.91 Å². The number of benzene rings is 1. The number of hydrogen-bond donors (Lipinski definition) is 2. The van der Waals surface area contributed by atoms with Gasteiger partial charge in [-0.15, -0.1) is 10.2 Å². The van der Waals surface area contributed by atoms with Crippen LogP contribution in [0.4, 0.5) is 5.13 Å². The Balaban J connectivity index is 1.18. The molecule has 1 aromatic carbocycles. The van der Waals surface area contributed by atoms with E-state index in [0.29, 0.717) is 23.9 Å². The molecule has 1 aliphatic carbocycles. The zero-order valence-corrected chi connectivity index (χ0v) is 19.3. The molecule has 0 spiro atoms. The molecule has 7 nitrogen and oxygen atoms in total. The van der Waals surface area contributed by atoms with Gasteiger partial charge >= 0.3 is 0 Å². The molecule has 0 atom stereocenters. The molecule has 2 N–H and O–H groups in total. The van der Waals surface area contributed by atoms with Crippen LogP contribution < -0.4 is 10.6 Å². The molecule has 2 aromatic rings. The Morgan fingerprint density at radius 2 is 1.77 bits per heavy atom. The van der Waals surface area contributed by atoms with Crippen molar-refractivity contribution in [1.82, 2.24) is 20.4 Å². The van der Waals surface area contributed by atoms with Crippen molar-refractivity contribution in [3.63, 3.8) is 0 Å². The summed E-state index contributed by atoms with van der Waals surface area (Å²) in [5.41, 5.74) is 1.69. The summed E-state index contributed by atoms with van der Waals surface area (Å²) in [7, 11) is 0. The minimum atomic E-state index is -0.0424. The standard InChI is InChI=1S/C22H29N5O2S2/c28-19(15-30-22-26-25-21(31-22)24-18-6-2-1-3-7-18)23-14-16-8-10-17(11-9-16)20(29)27-12-4-5-13-27/h8-11,18H,1-7,12-15H2,(H,23,28)(H,24,25). The molecule has 9 heteroatoms. The van der Waals surface area contributed by atoms with Crippen LogP contribution in [-0.4, -0.2) is 51.8 Å². The first-order valence-corrected chi connectivity index (χ1v) is 12.9. The summed E-state index contributed by atoms with van der Waals surface area (Å²) in [6, 6.07) is 8.01. The summed E-state index contributed by atoms with van der Waals surface area (Å²) >= 11 is 2.92. The van der Waals surface area contributed by atoms with Crippen LogP contribution in [0.1, 0.15) is 60.9 Å². The van der Waals surface area contributed by atoms with Gasteiger partial charge in [-0.05, 0) is 43.4 Å². The molecular weight excluding hydrogens is 430 g/mol. The van der Waals surface area contributed by atoms with Crippen molar-refractivity contribution in [3.8, 4) is 0 Å². The molecule has 2 amide bonds. The number of carbonyl (C=O) groups excluding carboxylic acids is 2. The first-order valence-electron chi connectivity index (χ1n) is 11.0. The monoisotopic (exact) mass is 459 g/mol. The fourth-order valence-electron chi connectivity index (χ4n) is 3.99. The van der Waals surface area contributed by atoms with Gasteiger partial charge in [0.1, 0.15) is 0 Å². The largest absolute Gasteiger partial charge is 0.357 e. The van der Waals surface area contributed by atoms with Crippen LogP contribution in [0.25, 0.3) is 0 Å². The number of carbonyl (C=O) groups is 2. The number of nitrogens with zero attached hydrogens (tertiary/aromatic N) is 3. The third-order valence-corrected chi connectivity index (χ3v) is 7.74. The summed E-state index contributed by atoms with van der Waals surface area (Å²) < 4.78 is 0.804. The van der Waals surface area contributed by atoms with E-state index >= 15 is 0 Å². The molecule has 0 radical (unpaired) electrons. The predicted octanol–water partition coefficient (Wildman–Crippen LogP) is 3.93. The Kier molecular flexibility index (Phi) is 7.80. The SMILES string of the molecule is O=C(CSc1nnc(NC2CCCCC2)s1)NCc1ccc(C(=O)N2CCCC2)cc1. The van der Waals surface area contributed by atoms with Crippen LogP contribution in [-0.2, 0) is 11.3 Å². The maximum atomic E-state index is 12.4. The number of rotatable bonds is 8. The van der Waals surface area contributed by atoms with E-state index in [2.05, 4.69) is 20.8 Å². The maximum absolute atomic E-state index is 12.4. The van der Waals surface area contributed by atoms with Gasteiger partial charge in [0.15, 0.2) is 4.34 Å². The quantitative estimate of drug-likeness (QED) is 0.582. The number of hydrogen-bond acceptors (Lipinski definition) is 7. The molecule has 1 aliphatic heterocycles. The predicted molar refractivity (Wildman–Crippen MR) is 125 cm³/mol. The lowest BCUT2D eigenvalue weighted by Gasteiger charge is -2.21. The zero-order chi connectivity index (χ0) is 21.5. The second-order valence-corrected chi connectivity index (χ2v) is 10.3. The van der Waals surface area contributed by atoms with Gasteiger partial charge in [0.05, 0.1) is 5.75 Å². The van der Waals surface area contributed by atoms with Gasteiger partial charge in [0.2, 0.25) is 11.0 Å². The summed E-state index contributed by atoms with van der Waals surface area (Å²) in [5, 5.41) is 15.6. The number of anilines is 1. The average Bonchev–Trinajstić information content (AvgIpc) is 3.49. The smallest absolute Gasteiger partial charge is 0.253 e. The molecular formula is C22H29N5O2S2. The number of nitrogens with one attached hydrogen (secondary N) is 2. The van der Waals surface area contributed by atoms with Crippen molar-refractivity contribution in [2.75, 3.05) is 24.2 Å². The van der Waals surface area contributed by atoms with Crippen molar-refractivity contribution >= 4 is 40.0 Å². The van der Waals surface area contributed by atoms with Crippen LogP contribution in [0.2, 0.25) is 0 Å². The third kappa shape index (κ3) is 6.43. The maximum Gasteiger partial charge on any atom is 0.253 e. The fourth-order valence-corrected chi connectivity index (χ4v) is 5.65. The lowest BCUT2D eigenvalue weighted by Crippen LogP contribution is -2.27. The van der Waals surface area contributed by atoms with Crippen molar-refractivity contribution in [1.29, 1.82) is 0 Å². The van der Waals surface area contributed by atoms with Gasteiger partial charge in [-0.1, -0.05) is 54.5 Å².